The quantitative estimate of drug-likeness (QED) is 0.728. The molecule has 5 nitrogen and oxygen atoms in total. The number of anilines is 1. The van der Waals surface area contributed by atoms with Crippen molar-refractivity contribution in [2.45, 2.75) is 25.9 Å². The van der Waals surface area contributed by atoms with Gasteiger partial charge in [-0.3, -0.25) is 9.59 Å². The number of carbonyl (C=O) groups excluding carboxylic acids is 2. The van der Waals surface area contributed by atoms with Gasteiger partial charge >= 0.3 is 11.8 Å². The van der Waals surface area contributed by atoms with Crippen LogP contribution in [0.3, 0.4) is 0 Å². The highest BCUT2D eigenvalue weighted by Crippen LogP contribution is 2.29. The molecule has 1 atom stereocenters. The number of aliphatic hydroxyl groups is 1. The van der Waals surface area contributed by atoms with Gasteiger partial charge in [-0.25, -0.2) is 0 Å². The molecule has 0 spiro atoms. The molecule has 0 aliphatic rings. The van der Waals surface area contributed by atoms with Gasteiger partial charge in [0.1, 0.15) is 0 Å². The first-order valence-corrected chi connectivity index (χ1v) is 6.92. The molecule has 1 aromatic rings. The van der Waals surface area contributed by atoms with Gasteiger partial charge in [0.25, 0.3) is 0 Å². The van der Waals surface area contributed by atoms with E-state index in [1.807, 2.05) is 6.92 Å². The predicted octanol–water partition coefficient (Wildman–Crippen LogP) is 2.21. The Morgan fingerprint density at radius 1 is 1.30 bits per heavy atom. The summed E-state index contributed by atoms with van der Waals surface area (Å²) in [6.45, 7) is 2.06. The Balaban J connectivity index is 2.50. The molecule has 0 saturated heterocycles. The van der Waals surface area contributed by atoms with E-state index in [1.54, 1.807) is 18.2 Å². The van der Waals surface area contributed by atoms with Crippen molar-refractivity contribution in [3.05, 3.63) is 28.2 Å². The summed E-state index contributed by atoms with van der Waals surface area (Å²) in [5.74, 6) is -1.62. The van der Waals surface area contributed by atoms with Crippen LogP contribution in [-0.4, -0.2) is 29.6 Å². The van der Waals surface area contributed by atoms with Crippen molar-refractivity contribution in [1.29, 1.82) is 0 Å². The summed E-state index contributed by atoms with van der Waals surface area (Å²) in [6.07, 6.45) is 0.508. The van der Waals surface area contributed by atoms with E-state index in [4.69, 9.17) is 23.2 Å². The zero-order valence-corrected chi connectivity index (χ0v) is 12.5. The molecular formula is C13H16Cl2N2O3. The number of benzene rings is 1. The molecule has 3 N–H and O–H groups in total. The Kier molecular flexibility index (Phi) is 6.78. The maximum atomic E-state index is 11.6. The molecule has 2 amide bonds. The van der Waals surface area contributed by atoms with Gasteiger partial charge in [0.2, 0.25) is 0 Å². The maximum Gasteiger partial charge on any atom is 0.313 e. The Morgan fingerprint density at radius 2 is 2.00 bits per heavy atom. The van der Waals surface area contributed by atoms with Gasteiger partial charge in [-0.1, -0.05) is 36.2 Å². The molecule has 20 heavy (non-hydrogen) atoms. The Hall–Kier alpha value is -1.30. The minimum atomic E-state index is -0.833. The van der Waals surface area contributed by atoms with Crippen molar-refractivity contribution in [3.63, 3.8) is 0 Å². The fourth-order valence-corrected chi connectivity index (χ4v) is 1.76. The predicted molar refractivity (Wildman–Crippen MR) is 79.0 cm³/mol. The van der Waals surface area contributed by atoms with Crippen molar-refractivity contribution in [2.24, 2.45) is 0 Å². The van der Waals surface area contributed by atoms with Gasteiger partial charge < -0.3 is 15.7 Å². The lowest BCUT2D eigenvalue weighted by Gasteiger charge is -2.10. The van der Waals surface area contributed by atoms with Crippen LogP contribution in [-0.2, 0) is 9.59 Å². The number of hydrogen-bond acceptors (Lipinski definition) is 3. The van der Waals surface area contributed by atoms with E-state index >= 15 is 0 Å². The maximum absolute atomic E-state index is 11.6. The molecule has 0 radical (unpaired) electrons. The lowest BCUT2D eigenvalue weighted by Crippen LogP contribution is -2.36. The molecule has 7 heteroatoms. The normalized spacial score (nSPS) is 11.8. The summed E-state index contributed by atoms with van der Waals surface area (Å²) in [4.78, 5) is 23.2. The third-order valence-electron chi connectivity index (χ3n) is 2.64. The summed E-state index contributed by atoms with van der Waals surface area (Å²) >= 11 is 11.7. The standard InChI is InChI=1S/C13H16Cl2N2O3/c1-2-8(18)6-7-16-12(19)13(20)17-10-5-3-4-9(14)11(10)15/h3-5,8,18H,2,6-7H2,1H3,(H,16,19)(H,17,20). The monoisotopic (exact) mass is 318 g/mol. The van der Waals surface area contributed by atoms with Gasteiger partial charge in [-0.2, -0.15) is 0 Å². The third kappa shape index (κ3) is 5.00. The van der Waals surface area contributed by atoms with Gasteiger partial charge in [-0.05, 0) is 25.0 Å². The molecule has 1 rings (SSSR count). The molecule has 0 heterocycles. The molecule has 0 aliphatic carbocycles. The first-order valence-electron chi connectivity index (χ1n) is 6.17. The van der Waals surface area contributed by atoms with Gasteiger partial charge in [0, 0.05) is 6.54 Å². The minimum absolute atomic E-state index is 0.178. The fraction of sp³-hybridized carbons (Fsp3) is 0.385. The van der Waals surface area contributed by atoms with Crippen LogP contribution in [0, 0.1) is 0 Å². The largest absolute Gasteiger partial charge is 0.393 e. The smallest absolute Gasteiger partial charge is 0.313 e. The van der Waals surface area contributed by atoms with Gasteiger partial charge in [-0.15, -0.1) is 0 Å². The zero-order chi connectivity index (χ0) is 15.1. The zero-order valence-electron chi connectivity index (χ0n) is 11.0. The number of carbonyl (C=O) groups is 2. The van der Waals surface area contributed by atoms with Crippen LogP contribution in [0.25, 0.3) is 0 Å². The number of aliphatic hydroxyl groups excluding tert-OH is 1. The summed E-state index contributed by atoms with van der Waals surface area (Å²) in [5.41, 5.74) is 0.271. The van der Waals surface area contributed by atoms with Crippen molar-refractivity contribution >= 4 is 40.7 Å². The second kappa shape index (κ2) is 8.09. The van der Waals surface area contributed by atoms with Crippen LogP contribution in [0.2, 0.25) is 10.0 Å². The summed E-state index contributed by atoms with van der Waals surface area (Å²) in [7, 11) is 0. The molecule has 0 aromatic heterocycles. The molecule has 0 saturated carbocycles. The van der Waals surface area contributed by atoms with E-state index in [0.29, 0.717) is 12.8 Å². The topological polar surface area (TPSA) is 78.4 Å². The minimum Gasteiger partial charge on any atom is -0.393 e. The van der Waals surface area contributed by atoms with Crippen LogP contribution in [0.5, 0.6) is 0 Å². The van der Waals surface area contributed by atoms with Crippen LogP contribution in [0.15, 0.2) is 18.2 Å². The molecule has 110 valence electrons. The highest BCUT2D eigenvalue weighted by molar-refractivity contribution is 6.45. The van der Waals surface area contributed by atoms with Crippen LogP contribution in [0.4, 0.5) is 5.69 Å². The molecule has 0 bridgehead atoms. The van der Waals surface area contributed by atoms with E-state index in [9.17, 15) is 14.7 Å². The second-order valence-electron chi connectivity index (χ2n) is 4.16. The molecule has 1 unspecified atom stereocenters. The number of nitrogens with one attached hydrogen (secondary N) is 2. The van der Waals surface area contributed by atoms with E-state index in [-0.39, 0.29) is 22.3 Å². The average Bonchev–Trinajstić information content (AvgIpc) is 2.43. The first kappa shape index (κ1) is 16.8. The Labute approximate surface area is 127 Å². The number of rotatable bonds is 5. The lowest BCUT2D eigenvalue weighted by molar-refractivity contribution is -0.136. The van der Waals surface area contributed by atoms with E-state index < -0.39 is 17.9 Å². The highest BCUT2D eigenvalue weighted by atomic mass is 35.5. The van der Waals surface area contributed by atoms with Crippen LogP contribution < -0.4 is 10.6 Å². The summed E-state index contributed by atoms with van der Waals surface area (Å²) in [6, 6.07) is 4.73. The van der Waals surface area contributed by atoms with Crippen molar-refractivity contribution in [1.82, 2.24) is 5.32 Å². The number of halogens is 2. The van der Waals surface area contributed by atoms with Gasteiger partial charge in [0.05, 0.1) is 21.8 Å². The molecule has 0 aliphatic heterocycles. The van der Waals surface area contributed by atoms with E-state index in [1.165, 1.54) is 0 Å². The number of amides is 2. The second-order valence-corrected chi connectivity index (χ2v) is 4.95. The van der Waals surface area contributed by atoms with Crippen LogP contribution >= 0.6 is 23.2 Å². The first-order chi connectivity index (χ1) is 9.45. The lowest BCUT2D eigenvalue weighted by atomic mass is 10.2. The molecule has 1 aromatic carbocycles. The average molecular weight is 319 g/mol. The molecule has 0 fully saturated rings. The van der Waals surface area contributed by atoms with Crippen molar-refractivity contribution in [3.8, 4) is 0 Å². The van der Waals surface area contributed by atoms with Crippen molar-refractivity contribution < 1.29 is 14.7 Å². The molecular weight excluding hydrogens is 303 g/mol. The summed E-state index contributed by atoms with van der Waals surface area (Å²) < 4.78 is 0. The Morgan fingerprint density at radius 3 is 2.65 bits per heavy atom. The highest BCUT2D eigenvalue weighted by Gasteiger charge is 2.15. The fourth-order valence-electron chi connectivity index (χ4n) is 1.42. The summed E-state index contributed by atoms with van der Waals surface area (Å²) in [5, 5.41) is 14.6. The number of hydrogen-bond donors (Lipinski definition) is 3. The Bertz CT molecular complexity index is 495. The van der Waals surface area contributed by atoms with Crippen LogP contribution in [0.1, 0.15) is 19.8 Å². The van der Waals surface area contributed by atoms with E-state index in [0.717, 1.165) is 0 Å². The van der Waals surface area contributed by atoms with E-state index in [2.05, 4.69) is 10.6 Å². The third-order valence-corrected chi connectivity index (χ3v) is 3.46. The SMILES string of the molecule is CCC(O)CCNC(=O)C(=O)Nc1cccc(Cl)c1Cl. The van der Waals surface area contributed by atoms with Crippen molar-refractivity contribution in [2.75, 3.05) is 11.9 Å². The van der Waals surface area contributed by atoms with Gasteiger partial charge in [0.15, 0.2) is 0 Å².